The lowest BCUT2D eigenvalue weighted by molar-refractivity contribution is -0.127. The monoisotopic (exact) mass is 298 g/mol. The van der Waals surface area contributed by atoms with Gasteiger partial charge in [0.25, 0.3) is 0 Å². The van der Waals surface area contributed by atoms with Crippen LogP contribution in [0, 0.1) is 5.92 Å². The molecular formula is C15H26N2O2S. The third kappa shape index (κ3) is 5.09. The van der Waals surface area contributed by atoms with Gasteiger partial charge in [-0.15, -0.1) is 0 Å². The first-order valence-electron chi connectivity index (χ1n) is 7.78. The number of carbonyl (C=O) groups excluding carboxylic acids is 2. The second-order valence-corrected chi connectivity index (χ2v) is 7.17. The zero-order valence-electron chi connectivity index (χ0n) is 12.5. The summed E-state index contributed by atoms with van der Waals surface area (Å²) in [5.41, 5.74) is 0. The highest BCUT2D eigenvalue weighted by molar-refractivity contribution is 8.13. The Hall–Kier alpha value is -0.550. The summed E-state index contributed by atoms with van der Waals surface area (Å²) in [5, 5.41) is 0.154. The van der Waals surface area contributed by atoms with Gasteiger partial charge in [0.05, 0.1) is 0 Å². The van der Waals surface area contributed by atoms with Crippen molar-refractivity contribution < 1.29 is 9.59 Å². The fraction of sp³-hybridized carbons (Fsp3) is 0.867. The molecule has 0 aliphatic carbocycles. The smallest absolute Gasteiger partial charge is 0.222 e. The zero-order valence-corrected chi connectivity index (χ0v) is 13.3. The minimum absolute atomic E-state index is 0.154. The summed E-state index contributed by atoms with van der Waals surface area (Å²) < 4.78 is 0. The van der Waals surface area contributed by atoms with Crippen LogP contribution in [0.25, 0.3) is 0 Å². The Bertz CT molecular complexity index is 343. The molecule has 114 valence electrons. The molecule has 1 amide bonds. The van der Waals surface area contributed by atoms with E-state index in [1.54, 1.807) is 6.92 Å². The van der Waals surface area contributed by atoms with Gasteiger partial charge in [-0.25, -0.2) is 0 Å². The molecule has 0 bridgehead atoms. The van der Waals surface area contributed by atoms with Crippen molar-refractivity contribution in [1.82, 2.24) is 9.80 Å². The van der Waals surface area contributed by atoms with Crippen LogP contribution in [-0.2, 0) is 9.59 Å². The number of hydrogen-bond donors (Lipinski definition) is 0. The molecule has 0 spiro atoms. The Morgan fingerprint density at radius 2 is 1.95 bits per heavy atom. The van der Waals surface area contributed by atoms with Crippen molar-refractivity contribution in [2.24, 2.45) is 5.92 Å². The van der Waals surface area contributed by atoms with E-state index in [0.717, 1.165) is 25.3 Å². The van der Waals surface area contributed by atoms with Crippen LogP contribution in [0.1, 0.15) is 39.0 Å². The fourth-order valence-electron chi connectivity index (χ4n) is 3.06. The second-order valence-electron chi connectivity index (χ2n) is 5.97. The molecule has 5 heteroatoms. The molecule has 0 N–H and O–H groups in total. The molecule has 2 heterocycles. The van der Waals surface area contributed by atoms with E-state index >= 15 is 0 Å². The van der Waals surface area contributed by atoms with Crippen molar-refractivity contribution in [2.45, 2.75) is 39.0 Å². The molecule has 1 unspecified atom stereocenters. The van der Waals surface area contributed by atoms with Crippen molar-refractivity contribution in [1.29, 1.82) is 0 Å². The number of unbranched alkanes of at least 4 members (excludes halogenated alkanes) is 1. The lowest BCUT2D eigenvalue weighted by atomic mass is 10.1. The standard InChI is InChI=1S/C15H26N2O2S/c1-13(18)20-12-14-10-15(19)17(11-14)9-5-4-8-16-6-2-3-7-16/h14H,2-12H2,1H3. The van der Waals surface area contributed by atoms with E-state index in [2.05, 4.69) is 4.90 Å². The molecule has 0 aromatic rings. The highest BCUT2D eigenvalue weighted by Gasteiger charge is 2.29. The topological polar surface area (TPSA) is 40.6 Å². The average molecular weight is 298 g/mol. The third-order valence-corrected chi connectivity index (χ3v) is 5.21. The predicted octanol–water partition coefficient (Wildman–Crippen LogP) is 1.99. The van der Waals surface area contributed by atoms with Gasteiger partial charge in [-0.05, 0) is 51.2 Å². The summed E-state index contributed by atoms with van der Waals surface area (Å²) in [7, 11) is 0. The largest absolute Gasteiger partial charge is 0.342 e. The van der Waals surface area contributed by atoms with Crippen molar-refractivity contribution >= 4 is 22.8 Å². The number of amides is 1. The van der Waals surface area contributed by atoms with Crippen LogP contribution in [0.3, 0.4) is 0 Å². The normalized spacial score (nSPS) is 23.8. The molecule has 2 saturated heterocycles. The van der Waals surface area contributed by atoms with Gasteiger partial charge in [0.2, 0.25) is 5.91 Å². The first-order chi connectivity index (χ1) is 9.65. The van der Waals surface area contributed by atoms with E-state index < -0.39 is 0 Å². The molecule has 1 atom stereocenters. The molecule has 4 nitrogen and oxygen atoms in total. The Balaban J connectivity index is 1.58. The Labute approximate surface area is 126 Å². The minimum Gasteiger partial charge on any atom is -0.342 e. The lowest BCUT2D eigenvalue weighted by Crippen LogP contribution is -2.27. The van der Waals surface area contributed by atoms with Crippen molar-refractivity contribution in [3.63, 3.8) is 0 Å². The highest BCUT2D eigenvalue weighted by Crippen LogP contribution is 2.22. The lowest BCUT2D eigenvalue weighted by Gasteiger charge is -2.18. The first kappa shape index (κ1) is 15.8. The second kappa shape index (κ2) is 8.03. The molecule has 0 radical (unpaired) electrons. The summed E-state index contributed by atoms with van der Waals surface area (Å²) in [6.45, 7) is 7.04. The maximum absolute atomic E-state index is 11.9. The first-order valence-corrected chi connectivity index (χ1v) is 8.77. The van der Waals surface area contributed by atoms with Gasteiger partial charge in [0, 0.05) is 32.2 Å². The maximum atomic E-state index is 11.9. The summed E-state index contributed by atoms with van der Waals surface area (Å²) in [4.78, 5) is 27.4. The van der Waals surface area contributed by atoms with Crippen LogP contribution >= 0.6 is 11.8 Å². The van der Waals surface area contributed by atoms with E-state index in [1.807, 2.05) is 4.90 Å². The van der Waals surface area contributed by atoms with E-state index in [0.29, 0.717) is 12.3 Å². The van der Waals surface area contributed by atoms with Crippen LogP contribution in [0.15, 0.2) is 0 Å². The zero-order chi connectivity index (χ0) is 14.4. The van der Waals surface area contributed by atoms with Gasteiger partial charge in [0.1, 0.15) is 0 Å². The third-order valence-electron chi connectivity index (χ3n) is 4.17. The molecular weight excluding hydrogens is 272 g/mol. The number of thioether (sulfide) groups is 1. The SMILES string of the molecule is CC(=O)SCC1CC(=O)N(CCCCN2CCCC2)C1. The summed E-state index contributed by atoms with van der Waals surface area (Å²) in [6, 6.07) is 0. The van der Waals surface area contributed by atoms with Crippen molar-refractivity contribution in [3.8, 4) is 0 Å². The van der Waals surface area contributed by atoms with Crippen LogP contribution in [0.4, 0.5) is 0 Å². The van der Waals surface area contributed by atoms with E-state index in [4.69, 9.17) is 0 Å². The highest BCUT2D eigenvalue weighted by atomic mass is 32.2. The Morgan fingerprint density at radius 3 is 2.65 bits per heavy atom. The Kier molecular flexibility index (Phi) is 6.36. The number of likely N-dealkylation sites (tertiary alicyclic amines) is 2. The van der Waals surface area contributed by atoms with Crippen LogP contribution in [-0.4, -0.2) is 59.3 Å². The summed E-state index contributed by atoms with van der Waals surface area (Å²) in [5.74, 6) is 1.45. The van der Waals surface area contributed by atoms with Gasteiger partial charge in [-0.2, -0.15) is 0 Å². The van der Waals surface area contributed by atoms with E-state index in [-0.39, 0.29) is 11.0 Å². The van der Waals surface area contributed by atoms with Gasteiger partial charge < -0.3 is 9.80 Å². The van der Waals surface area contributed by atoms with Crippen LogP contribution in [0.2, 0.25) is 0 Å². The molecule has 0 aromatic heterocycles. The van der Waals surface area contributed by atoms with E-state index in [1.165, 1.54) is 50.7 Å². The quantitative estimate of drug-likeness (QED) is 0.674. The summed E-state index contributed by atoms with van der Waals surface area (Å²) in [6.07, 6.45) is 5.62. The molecule has 20 heavy (non-hydrogen) atoms. The fourth-order valence-corrected chi connectivity index (χ4v) is 3.75. The summed E-state index contributed by atoms with van der Waals surface area (Å²) >= 11 is 1.35. The number of carbonyl (C=O) groups is 2. The minimum atomic E-state index is 0.154. The van der Waals surface area contributed by atoms with Gasteiger partial charge in [-0.3, -0.25) is 9.59 Å². The van der Waals surface area contributed by atoms with Crippen molar-refractivity contribution in [3.05, 3.63) is 0 Å². The molecule has 2 rings (SSSR count). The van der Waals surface area contributed by atoms with Gasteiger partial charge in [-0.1, -0.05) is 11.8 Å². The number of rotatable bonds is 7. The molecule has 2 aliphatic heterocycles. The van der Waals surface area contributed by atoms with Crippen molar-refractivity contribution in [2.75, 3.05) is 38.5 Å². The van der Waals surface area contributed by atoms with Crippen LogP contribution < -0.4 is 0 Å². The van der Waals surface area contributed by atoms with Gasteiger partial charge >= 0.3 is 0 Å². The average Bonchev–Trinajstić information content (AvgIpc) is 3.02. The number of hydrogen-bond acceptors (Lipinski definition) is 4. The maximum Gasteiger partial charge on any atom is 0.222 e. The number of nitrogens with zero attached hydrogens (tertiary/aromatic N) is 2. The van der Waals surface area contributed by atoms with Gasteiger partial charge in [0.15, 0.2) is 5.12 Å². The predicted molar refractivity (Wildman–Crippen MR) is 82.7 cm³/mol. The van der Waals surface area contributed by atoms with Crippen LogP contribution in [0.5, 0.6) is 0 Å². The van der Waals surface area contributed by atoms with E-state index in [9.17, 15) is 9.59 Å². The molecule has 2 fully saturated rings. The molecule has 0 saturated carbocycles. The molecule has 0 aromatic carbocycles. The Morgan fingerprint density at radius 1 is 1.25 bits per heavy atom. The molecule has 2 aliphatic rings.